The molecule has 0 aliphatic carbocycles. The summed E-state index contributed by atoms with van der Waals surface area (Å²) in [6.45, 7) is 8.45. The largest absolute Gasteiger partial charge is 0.493 e. The second-order valence-electron chi connectivity index (χ2n) is 8.52. The highest BCUT2D eigenvalue weighted by Crippen LogP contribution is 2.32. The number of rotatable bonds is 8. The maximum Gasteiger partial charge on any atom is 0.341 e. The number of fused-ring (bicyclic) bond motifs is 1. The molecule has 6 nitrogen and oxygen atoms in total. The molecule has 0 aliphatic heterocycles. The summed E-state index contributed by atoms with van der Waals surface area (Å²) < 4.78 is 13.1. The Hall–Kier alpha value is -2.57. The molecule has 0 fully saturated rings. The predicted octanol–water partition coefficient (Wildman–Crippen LogP) is 6.28. The van der Waals surface area contributed by atoms with Gasteiger partial charge in [-0.25, -0.2) is 4.79 Å². The van der Waals surface area contributed by atoms with Crippen molar-refractivity contribution in [3.05, 3.63) is 57.2 Å². The van der Waals surface area contributed by atoms with Crippen molar-refractivity contribution in [2.45, 2.75) is 52.7 Å². The third-order valence-electron chi connectivity index (χ3n) is 4.92. The smallest absolute Gasteiger partial charge is 0.341 e. The van der Waals surface area contributed by atoms with E-state index in [4.69, 9.17) is 32.7 Å². The van der Waals surface area contributed by atoms with Crippen molar-refractivity contribution in [2.24, 2.45) is 0 Å². The highest BCUT2D eigenvalue weighted by molar-refractivity contribution is 6.39. The Morgan fingerprint density at radius 1 is 1.16 bits per heavy atom. The molecule has 0 N–H and O–H groups in total. The molecule has 1 aromatic heterocycles. The lowest BCUT2D eigenvalue weighted by Gasteiger charge is -2.20. The molecule has 1 heterocycles. The van der Waals surface area contributed by atoms with Crippen LogP contribution in [0, 0.1) is 6.92 Å². The lowest BCUT2D eigenvalue weighted by molar-refractivity contribution is 0.00698. The quantitative estimate of drug-likeness (QED) is 0.217. The molecule has 0 atom stereocenters. The van der Waals surface area contributed by atoms with Gasteiger partial charge in [0.05, 0.1) is 33.9 Å². The number of esters is 1. The van der Waals surface area contributed by atoms with E-state index in [-0.39, 0.29) is 15.6 Å². The fourth-order valence-electron chi connectivity index (χ4n) is 3.33. The second kappa shape index (κ2) is 9.92. The highest BCUT2D eigenvalue weighted by atomic mass is 35.5. The molecule has 0 amide bonds. The maximum atomic E-state index is 12.3. The zero-order valence-corrected chi connectivity index (χ0v) is 20.1. The molecule has 3 aromatic rings. The standard InChI is InChI=1S/C24H26Cl2N2O4/c1-15-16(14-29)7-8-21-18(15)13-27-28(21)9-5-6-10-31-17-11-19(25)22(20(26)12-17)23(30)32-24(2,3)4/h7-8,11-14H,5-6,9-10H2,1-4H3. The minimum absolute atomic E-state index is 0.134. The van der Waals surface area contributed by atoms with Crippen LogP contribution in [0.15, 0.2) is 30.5 Å². The van der Waals surface area contributed by atoms with Crippen molar-refractivity contribution in [1.82, 2.24) is 9.78 Å². The minimum atomic E-state index is -0.645. The van der Waals surface area contributed by atoms with Gasteiger partial charge in [0.1, 0.15) is 17.6 Å². The molecule has 0 bridgehead atoms. The van der Waals surface area contributed by atoms with Crippen molar-refractivity contribution < 1.29 is 19.1 Å². The molecule has 0 spiro atoms. The number of hydrogen-bond donors (Lipinski definition) is 0. The first kappa shape index (κ1) is 24.1. The maximum absolute atomic E-state index is 12.3. The van der Waals surface area contributed by atoms with Crippen LogP contribution in [0.25, 0.3) is 10.9 Å². The van der Waals surface area contributed by atoms with Gasteiger partial charge in [0.2, 0.25) is 0 Å². The number of hydrogen-bond acceptors (Lipinski definition) is 5. The van der Waals surface area contributed by atoms with Crippen LogP contribution in [-0.4, -0.2) is 34.2 Å². The van der Waals surface area contributed by atoms with Crippen molar-refractivity contribution in [3.8, 4) is 5.75 Å². The van der Waals surface area contributed by atoms with Crippen LogP contribution in [0.2, 0.25) is 10.0 Å². The van der Waals surface area contributed by atoms with E-state index in [1.54, 1.807) is 39.1 Å². The van der Waals surface area contributed by atoms with Crippen LogP contribution >= 0.6 is 23.2 Å². The van der Waals surface area contributed by atoms with Gasteiger partial charge in [-0.2, -0.15) is 5.10 Å². The normalized spacial score (nSPS) is 11.6. The molecular weight excluding hydrogens is 451 g/mol. The van der Waals surface area contributed by atoms with Crippen molar-refractivity contribution in [3.63, 3.8) is 0 Å². The number of carbonyl (C=O) groups excluding carboxylic acids is 2. The Bertz CT molecular complexity index is 1130. The topological polar surface area (TPSA) is 70.4 Å². The molecule has 0 radical (unpaired) electrons. The molecule has 3 rings (SSSR count). The third-order valence-corrected chi connectivity index (χ3v) is 5.51. The van der Waals surface area contributed by atoms with Gasteiger partial charge in [-0.05, 0) is 70.4 Å². The first-order chi connectivity index (χ1) is 15.1. The number of carbonyl (C=O) groups is 2. The molecule has 0 aliphatic rings. The van der Waals surface area contributed by atoms with Gasteiger partial charge in [0.15, 0.2) is 0 Å². The molecule has 2 aromatic carbocycles. The second-order valence-corrected chi connectivity index (χ2v) is 9.33. The molecular formula is C24H26Cl2N2O4. The average Bonchev–Trinajstić information content (AvgIpc) is 3.10. The van der Waals surface area contributed by atoms with Gasteiger partial charge in [0, 0.05) is 17.5 Å². The Balaban J connectivity index is 1.55. The van der Waals surface area contributed by atoms with Gasteiger partial charge >= 0.3 is 5.97 Å². The van der Waals surface area contributed by atoms with Gasteiger partial charge in [0.25, 0.3) is 0 Å². The van der Waals surface area contributed by atoms with E-state index in [1.165, 1.54) is 0 Å². The van der Waals surface area contributed by atoms with Gasteiger partial charge in [-0.15, -0.1) is 0 Å². The van der Waals surface area contributed by atoms with Crippen LogP contribution in [0.1, 0.15) is 59.9 Å². The molecule has 170 valence electrons. The Kier molecular flexibility index (Phi) is 7.47. The van der Waals surface area contributed by atoms with Gasteiger partial charge in [-0.3, -0.25) is 9.48 Å². The van der Waals surface area contributed by atoms with Crippen LogP contribution in [-0.2, 0) is 11.3 Å². The van der Waals surface area contributed by atoms with E-state index in [0.717, 1.165) is 42.1 Å². The lowest BCUT2D eigenvalue weighted by atomic mass is 10.1. The first-order valence-corrected chi connectivity index (χ1v) is 11.1. The summed E-state index contributed by atoms with van der Waals surface area (Å²) in [6, 6.07) is 6.88. The van der Waals surface area contributed by atoms with Crippen LogP contribution in [0.4, 0.5) is 0 Å². The predicted molar refractivity (Wildman–Crippen MR) is 126 cm³/mol. The van der Waals surface area contributed by atoms with E-state index >= 15 is 0 Å². The third kappa shape index (κ3) is 5.61. The molecule has 0 saturated carbocycles. The first-order valence-electron chi connectivity index (χ1n) is 10.4. The Morgan fingerprint density at radius 3 is 2.47 bits per heavy atom. The molecule has 0 saturated heterocycles. The van der Waals surface area contributed by atoms with Gasteiger partial charge < -0.3 is 9.47 Å². The van der Waals surface area contributed by atoms with Crippen LogP contribution in [0.5, 0.6) is 5.75 Å². The highest BCUT2D eigenvalue weighted by Gasteiger charge is 2.23. The van der Waals surface area contributed by atoms with E-state index < -0.39 is 11.6 Å². The summed E-state index contributed by atoms with van der Waals surface area (Å²) in [7, 11) is 0. The van der Waals surface area contributed by atoms with Crippen LogP contribution in [0.3, 0.4) is 0 Å². The van der Waals surface area contributed by atoms with Gasteiger partial charge in [-0.1, -0.05) is 23.2 Å². The van der Waals surface area contributed by atoms with E-state index in [9.17, 15) is 9.59 Å². The summed E-state index contributed by atoms with van der Waals surface area (Å²) in [5.74, 6) is -0.0742. The fourth-order valence-corrected chi connectivity index (χ4v) is 3.95. The van der Waals surface area contributed by atoms with Crippen molar-refractivity contribution in [2.75, 3.05) is 6.61 Å². The van der Waals surface area contributed by atoms with E-state index in [1.807, 2.05) is 23.7 Å². The van der Waals surface area contributed by atoms with Crippen molar-refractivity contribution in [1.29, 1.82) is 0 Å². The fraction of sp³-hybridized carbons (Fsp3) is 0.375. The lowest BCUT2D eigenvalue weighted by Crippen LogP contribution is -2.24. The van der Waals surface area contributed by atoms with E-state index in [2.05, 4.69) is 5.10 Å². The average molecular weight is 477 g/mol. The summed E-state index contributed by atoms with van der Waals surface area (Å²) in [6.07, 6.45) is 4.30. The molecule has 32 heavy (non-hydrogen) atoms. The number of aromatic nitrogens is 2. The van der Waals surface area contributed by atoms with Crippen LogP contribution < -0.4 is 4.74 Å². The summed E-state index contributed by atoms with van der Waals surface area (Å²) >= 11 is 12.5. The minimum Gasteiger partial charge on any atom is -0.493 e. The van der Waals surface area contributed by atoms with E-state index in [0.29, 0.717) is 17.9 Å². The molecule has 0 unspecified atom stereocenters. The number of aldehydes is 1. The monoisotopic (exact) mass is 476 g/mol. The number of aryl methyl sites for hydroxylation is 2. The number of unbranched alkanes of at least 4 members (excludes halogenated alkanes) is 1. The zero-order chi connectivity index (χ0) is 23.5. The Morgan fingerprint density at radius 2 is 1.84 bits per heavy atom. The number of benzene rings is 2. The number of ether oxygens (including phenoxy) is 2. The summed E-state index contributed by atoms with van der Waals surface area (Å²) in [5, 5.41) is 5.81. The SMILES string of the molecule is Cc1c(C=O)ccc2c1cnn2CCCCOc1cc(Cl)c(C(=O)OC(C)(C)C)c(Cl)c1. The van der Waals surface area contributed by atoms with Crippen molar-refractivity contribution >= 4 is 46.4 Å². The summed E-state index contributed by atoms with van der Waals surface area (Å²) in [4.78, 5) is 23.4. The molecule has 8 heteroatoms. The number of halogens is 2. The zero-order valence-electron chi connectivity index (χ0n) is 18.6. The summed E-state index contributed by atoms with van der Waals surface area (Å²) in [5.41, 5.74) is 2.12. The number of nitrogens with zero attached hydrogens (tertiary/aromatic N) is 2. The Labute approximate surface area is 197 Å².